The van der Waals surface area contributed by atoms with Gasteiger partial charge in [0.1, 0.15) is 11.9 Å². The van der Waals surface area contributed by atoms with E-state index in [4.69, 9.17) is 11.6 Å². The molecule has 104 valence electrons. The molecule has 0 aliphatic carbocycles. The van der Waals surface area contributed by atoms with Crippen molar-refractivity contribution in [2.45, 2.75) is 25.4 Å². The maximum absolute atomic E-state index is 13.4. The average molecular weight is 297 g/mol. The summed E-state index contributed by atoms with van der Waals surface area (Å²) in [6, 6.07) is 1.79. The predicted molar refractivity (Wildman–Crippen MR) is 67.5 cm³/mol. The van der Waals surface area contributed by atoms with E-state index in [9.17, 15) is 18.8 Å². The van der Waals surface area contributed by atoms with Crippen molar-refractivity contribution in [1.29, 1.82) is 0 Å². The third-order valence-corrected chi connectivity index (χ3v) is 3.85. The number of nitrogens with zero attached hydrogens (tertiary/aromatic N) is 1. The van der Waals surface area contributed by atoms with Gasteiger partial charge in [-0.3, -0.25) is 19.7 Å². The predicted octanol–water partition coefficient (Wildman–Crippen LogP) is 1.24. The number of imide groups is 1. The summed E-state index contributed by atoms with van der Waals surface area (Å²) >= 11 is 5.67. The van der Waals surface area contributed by atoms with Gasteiger partial charge in [-0.05, 0) is 24.1 Å². The minimum atomic E-state index is -0.700. The molecule has 2 aliphatic rings. The fourth-order valence-corrected chi connectivity index (χ4v) is 2.72. The van der Waals surface area contributed by atoms with Crippen molar-refractivity contribution < 1.29 is 18.8 Å². The molecule has 0 spiro atoms. The summed E-state index contributed by atoms with van der Waals surface area (Å²) in [7, 11) is 0. The normalized spacial score (nSPS) is 22.0. The zero-order chi connectivity index (χ0) is 14.4. The number of hydrogen-bond acceptors (Lipinski definition) is 3. The van der Waals surface area contributed by atoms with Crippen molar-refractivity contribution in [3.63, 3.8) is 0 Å². The smallest absolute Gasteiger partial charge is 0.255 e. The molecule has 1 fully saturated rings. The monoisotopic (exact) mass is 296 g/mol. The maximum atomic E-state index is 13.4. The average Bonchev–Trinajstić information content (AvgIpc) is 2.68. The molecule has 2 heterocycles. The molecule has 1 aromatic carbocycles. The first-order chi connectivity index (χ1) is 9.47. The number of halogens is 2. The van der Waals surface area contributed by atoms with Crippen molar-refractivity contribution in [3.8, 4) is 0 Å². The molecule has 1 unspecified atom stereocenters. The SMILES string of the molecule is O=C1CCC(N2Cc3cc(F)c(Cl)cc3C2=O)C(=O)N1. The van der Waals surface area contributed by atoms with Crippen LogP contribution in [0.4, 0.5) is 4.39 Å². The van der Waals surface area contributed by atoms with E-state index in [1.54, 1.807) is 0 Å². The quantitative estimate of drug-likeness (QED) is 0.793. The van der Waals surface area contributed by atoms with E-state index in [0.717, 1.165) is 0 Å². The Kier molecular flexibility index (Phi) is 2.97. The molecule has 1 atom stereocenters. The molecule has 1 N–H and O–H groups in total. The van der Waals surface area contributed by atoms with Crippen LogP contribution in [-0.4, -0.2) is 28.7 Å². The molecule has 0 bridgehead atoms. The van der Waals surface area contributed by atoms with Gasteiger partial charge in [-0.15, -0.1) is 0 Å². The highest BCUT2D eigenvalue weighted by atomic mass is 35.5. The minimum Gasteiger partial charge on any atom is -0.322 e. The van der Waals surface area contributed by atoms with Gasteiger partial charge in [0, 0.05) is 18.5 Å². The molecular formula is C13H10ClFN2O3. The molecule has 1 aromatic rings. The minimum absolute atomic E-state index is 0.123. The standard InChI is InChI=1S/C13H10ClFN2O3/c14-8-4-7-6(3-9(8)15)5-17(13(7)20)10-1-2-11(18)16-12(10)19/h3-4,10H,1-2,5H2,(H,16,18,19). The van der Waals surface area contributed by atoms with Crippen LogP contribution in [0.1, 0.15) is 28.8 Å². The lowest BCUT2D eigenvalue weighted by atomic mass is 10.0. The molecule has 5 nitrogen and oxygen atoms in total. The van der Waals surface area contributed by atoms with Gasteiger partial charge in [-0.25, -0.2) is 4.39 Å². The number of benzene rings is 1. The number of rotatable bonds is 1. The number of carbonyl (C=O) groups excluding carboxylic acids is 3. The van der Waals surface area contributed by atoms with Crippen LogP contribution in [0.5, 0.6) is 0 Å². The molecule has 3 amide bonds. The second-order valence-electron chi connectivity index (χ2n) is 4.82. The number of carbonyl (C=O) groups is 3. The highest BCUT2D eigenvalue weighted by Gasteiger charge is 2.39. The Morgan fingerprint density at radius 2 is 2.05 bits per heavy atom. The first kappa shape index (κ1) is 13.1. The van der Waals surface area contributed by atoms with Gasteiger partial charge in [-0.2, -0.15) is 0 Å². The lowest BCUT2D eigenvalue weighted by molar-refractivity contribution is -0.136. The molecule has 1 saturated heterocycles. The number of hydrogen-bond donors (Lipinski definition) is 1. The Morgan fingerprint density at radius 1 is 1.30 bits per heavy atom. The fourth-order valence-electron chi connectivity index (χ4n) is 2.56. The lowest BCUT2D eigenvalue weighted by Crippen LogP contribution is -2.52. The van der Waals surface area contributed by atoms with E-state index in [0.29, 0.717) is 11.1 Å². The summed E-state index contributed by atoms with van der Waals surface area (Å²) in [6.45, 7) is 0.147. The lowest BCUT2D eigenvalue weighted by Gasteiger charge is -2.29. The Balaban J connectivity index is 1.90. The zero-order valence-corrected chi connectivity index (χ0v) is 11.0. The number of piperidine rings is 1. The topological polar surface area (TPSA) is 66.5 Å². The van der Waals surface area contributed by atoms with Crippen molar-refractivity contribution in [3.05, 3.63) is 34.1 Å². The van der Waals surface area contributed by atoms with Crippen molar-refractivity contribution in [2.24, 2.45) is 0 Å². The molecule has 20 heavy (non-hydrogen) atoms. The van der Waals surface area contributed by atoms with Crippen molar-refractivity contribution in [1.82, 2.24) is 10.2 Å². The summed E-state index contributed by atoms with van der Waals surface area (Å²) < 4.78 is 13.4. The maximum Gasteiger partial charge on any atom is 0.255 e. The van der Waals surface area contributed by atoms with Crippen molar-refractivity contribution >= 4 is 29.3 Å². The van der Waals surface area contributed by atoms with E-state index in [-0.39, 0.29) is 36.2 Å². The number of nitrogens with one attached hydrogen (secondary N) is 1. The number of fused-ring (bicyclic) bond motifs is 1. The first-order valence-electron chi connectivity index (χ1n) is 6.10. The van der Waals surface area contributed by atoms with E-state index in [1.165, 1.54) is 17.0 Å². The molecule has 0 radical (unpaired) electrons. The van der Waals surface area contributed by atoms with E-state index in [2.05, 4.69) is 5.32 Å². The molecule has 7 heteroatoms. The second-order valence-corrected chi connectivity index (χ2v) is 5.23. The Labute approximate surface area is 118 Å². The highest BCUT2D eigenvalue weighted by Crippen LogP contribution is 2.30. The van der Waals surface area contributed by atoms with Crippen LogP contribution < -0.4 is 5.32 Å². The molecule has 2 aliphatic heterocycles. The Bertz CT molecular complexity index is 647. The Morgan fingerprint density at radius 3 is 2.75 bits per heavy atom. The third-order valence-electron chi connectivity index (χ3n) is 3.56. The van der Waals surface area contributed by atoms with Gasteiger partial charge >= 0.3 is 0 Å². The van der Waals surface area contributed by atoms with Crippen LogP contribution in [0, 0.1) is 5.82 Å². The van der Waals surface area contributed by atoms with Crippen LogP contribution in [0.3, 0.4) is 0 Å². The van der Waals surface area contributed by atoms with Crippen LogP contribution in [0.2, 0.25) is 5.02 Å². The van der Waals surface area contributed by atoms with Crippen LogP contribution in [0.25, 0.3) is 0 Å². The summed E-state index contributed by atoms with van der Waals surface area (Å²) in [5.41, 5.74) is 0.808. The molecular weight excluding hydrogens is 287 g/mol. The molecule has 0 saturated carbocycles. The third kappa shape index (κ3) is 1.96. The van der Waals surface area contributed by atoms with Gasteiger partial charge in [0.15, 0.2) is 0 Å². The first-order valence-corrected chi connectivity index (χ1v) is 6.48. The van der Waals surface area contributed by atoms with Crippen LogP contribution in [0.15, 0.2) is 12.1 Å². The fraction of sp³-hybridized carbons (Fsp3) is 0.308. The van der Waals surface area contributed by atoms with Gasteiger partial charge in [0.25, 0.3) is 5.91 Å². The second kappa shape index (κ2) is 4.56. The summed E-state index contributed by atoms with van der Waals surface area (Å²) in [6.07, 6.45) is 0.465. The molecule has 3 rings (SSSR count). The number of amides is 3. The molecule has 0 aromatic heterocycles. The summed E-state index contributed by atoms with van der Waals surface area (Å²) in [4.78, 5) is 36.5. The van der Waals surface area contributed by atoms with Gasteiger partial charge in [-0.1, -0.05) is 11.6 Å². The van der Waals surface area contributed by atoms with Crippen LogP contribution in [-0.2, 0) is 16.1 Å². The van der Waals surface area contributed by atoms with E-state index >= 15 is 0 Å². The van der Waals surface area contributed by atoms with E-state index in [1.807, 2.05) is 0 Å². The van der Waals surface area contributed by atoms with Gasteiger partial charge in [0.05, 0.1) is 5.02 Å². The van der Waals surface area contributed by atoms with Gasteiger partial charge in [0.2, 0.25) is 11.8 Å². The largest absolute Gasteiger partial charge is 0.322 e. The van der Waals surface area contributed by atoms with Crippen LogP contribution >= 0.6 is 11.6 Å². The van der Waals surface area contributed by atoms with Crippen molar-refractivity contribution in [2.75, 3.05) is 0 Å². The zero-order valence-electron chi connectivity index (χ0n) is 10.3. The van der Waals surface area contributed by atoms with Gasteiger partial charge < -0.3 is 4.90 Å². The summed E-state index contributed by atoms with van der Waals surface area (Å²) in [5, 5.41) is 2.08. The highest BCUT2D eigenvalue weighted by molar-refractivity contribution is 6.31. The Hall–Kier alpha value is -1.95. The summed E-state index contributed by atoms with van der Waals surface area (Å²) in [5.74, 6) is -1.79. The van der Waals surface area contributed by atoms with E-state index < -0.39 is 17.8 Å².